The number of nitrogens with zero attached hydrogens (tertiary/aromatic N) is 1. The van der Waals surface area contributed by atoms with Crippen molar-refractivity contribution in [3.8, 4) is 5.75 Å². The molecule has 1 aromatic rings. The number of hydrogen-bond acceptors (Lipinski definition) is 4. The number of amides is 1. The molecule has 0 spiro atoms. The summed E-state index contributed by atoms with van der Waals surface area (Å²) in [4.78, 5) is 14.4. The highest BCUT2D eigenvalue weighted by atomic mass is 35.5. The second kappa shape index (κ2) is 9.47. The summed E-state index contributed by atoms with van der Waals surface area (Å²) in [7, 11) is 0. The second-order valence-corrected chi connectivity index (χ2v) is 7.03. The van der Waals surface area contributed by atoms with Gasteiger partial charge in [0.15, 0.2) is 6.61 Å². The number of hydrogen-bond donors (Lipinski definition) is 1. The van der Waals surface area contributed by atoms with Gasteiger partial charge in [-0.1, -0.05) is 37.0 Å². The third-order valence-corrected chi connectivity index (χ3v) is 4.44. The van der Waals surface area contributed by atoms with Crippen LogP contribution in [0.3, 0.4) is 0 Å². The van der Waals surface area contributed by atoms with E-state index in [0.29, 0.717) is 34.3 Å². The number of morpholine rings is 1. The molecule has 1 N–H and O–H groups in total. The van der Waals surface area contributed by atoms with Crippen LogP contribution in [-0.4, -0.2) is 56.3 Å². The average molecular weight is 375 g/mol. The Bertz CT molecular complexity index is 528. The number of rotatable bonds is 7. The van der Waals surface area contributed by atoms with Gasteiger partial charge in [0.25, 0.3) is 5.91 Å². The summed E-state index contributed by atoms with van der Waals surface area (Å²) in [5.41, 5.74) is 0. The van der Waals surface area contributed by atoms with Gasteiger partial charge in [-0.3, -0.25) is 9.69 Å². The molecule has 1 fully saturated rings. The molecule has 0 bridgehead atoms. The van der Waals surface area contributed by atoms with Crippen molar-refractivity contribution in [1.29, 1.82) is 0 Å². The Balaban J connectivity index is 1.80. The normalized spacial score (nSPS) is 16.9. The standard InChI is InChI=1S/C17H24Cl2N2O3/c1-12(2)16(21-3-5-23-6-4-21)10-20-17(22)11-24-15-8-13(18)7-14(19)9-15/h7-9,12,16H,3-6,10-11H2,1-2H3,(H,20,22). The molecule has 1 unspecified atom stereocenters. The Labute approximate surface area is 153 Å². The zero-order valence-electron chi connectivity index (χ0n) is 14.1. The molecule has 0 aromatic heterocycles. The van der Waals surface area contributed by atoms with Crippen LogP contribution >= 0.6 is 23.2 Å². The van der Waals surface area contributed by atoms with Crippen LogP contribution < -0.4 is 10.1 Å². The third kappa shape index (κ3) is 6.13. The Kier molecular flexibility index (Phi) is 7.62. The van der Waals surface area contributed by atoms with Crippen LogP contribution in [0.15, 0.2) is 18.2 Å². The first-order valence-electron chi connectivity index (χ1n) is 8.13. The lowest BCUT2D eigenvalue weighted by Crippen LogP contribution is -2.51. The molecule has 24 heavy (non-hydrogen) atoms. The van der Waals surface area contributed by atoms with Crippen molar-refractivity contribution in [2.24, 2.45) is 5.92 Å². The number of ether oxygens (including phenoxy) is 2. The molecule has 1 saturated heterocycles. The minimum absolute atomic E-state index is 0.0649. The molecule has 5 nitrogen and oxygen atoms in total. The van der Waals surface area contributed by atoms with Crippen molar-refractivity contribution in [2.45, 2.75) is 19.9 Å². The van der Waals surface area contributed by atoms with Gasteiger partial charge in [-0.25, -0.2) is 0 Å². The van der Waals surface area contributed by atoms with Gasteiger partial charge < -0.3 is 14.8 Å². The van der Waals surface area contributed by atoms with Gasteiger partial charge in [-0.05, 0) is 24.1 Å². The molecule has 1 aromatic carbocycles. The highest BCUT2D eigenvalue weighted by Crippen LogP contribution is 2.24. The van der Waals surface area contributed by atoms with Crippen LogP contribution in [-0.2, 0) is 9.53 Å². The Morgan fingerprint density at radius 2 is 1.88 bits per heavy atom. The predicted octanol–water partition coefficient (Wildman–Crippen LogP) is 2.85. The second-order valence-electron chi connectivity index (χ2n) is 6.16. The molecular weight excluding hydrogens is 351 g/mol. The van der Waals surface area contributed by atoms with Crippen LogP contribution in [0, 0.1) is 5.92 Å². The molecule has 134 valence electrons. The van der Waals surface area contributed by atoms with Crippen molar-refractivity contribution < 1.29 is 14.3 Å². The summed E-state index contributed by atoms with van der Waals surface area (Å²) < 4.78 is 10.8. The van der Waals surface area contributed by atoms with E-state index >= 15 is 0 Å². The molecule has 1 aliphatic rings. The first-order valence-corrected chi connectivity index (χ1v) is 8.88. The lowest BCUT2D eigenvalue weighted by Gasteiger charge is -2.36. The molecule has 1 aliphatic heterocycles. The Morgan fingerprint density at radius 1 is 1.25 bits per heavy atom. The van der Waals surface area contributed by atoms with Gasteiger partial charge in [0.2, 0.25) is 0 Å². The zero-order valence-corrected chi connectivity index (χ0v) is 15.6. The zero-order chi connectivity index (χ0) is 17.5. The van der Waals surface area contributed by atoms with E-state index in [0.717, 1.165) is 26.3 Å². The van der Waals surface area contributed by atoms with Crippen molar-refractivity contribution in [2.75, 3.05) is 39.5 Å². The summed E-state index contributed by atoms with van der Waals surface area (Å²) in [5.74, 6) is 0.761. The van der Waals surface area contributed by atoms with Gasteiger partial charge in [-0.2, -0.15) is 0 Å². The molecule has 0 radical (unpaired) electrons. The summed E-state index contributed by atoms with van der Waals surface area (Å²) in [5, 5.41) is 3.90. The molecular formula is C17H24Cl2N2O3. The molecule has 1 amide bonds. The molecule has 1 atom stereocenters. The summed E-state index contributed by atoms with van der Waals surface area (Å²) >= 11 is 11.8. The van der Waals surface area contributed by atoms with Crippen LogP contribution in [0.25, 0.3) is 0 Å². The summed E-state index contributed by atoms with van der Waals surface area (Å²) in [6.45, 7) is 8.15. The topological polar surface area (TPSA) is 50.8 Å². The van der Waals surface area contributed by atoms with E-state index in [-0.39, 0.29) is 12.5 Å². The number of benzene rings is 1. The quantitative estimate of drug-likeness (QED) is 0.796. The number of carbonyl (C=O) groups is 1. The van der Waals surface area contributed by atoms with Crippen LogP contribution in [0.1, 0.15) is 13.8 Å². The largest absolute Gasteiger partial charge is 0.484 e. The maximum absolute atomic E-state index is 12.1. The van der Waals surface area contributed by atoms with Gasteiger partial charge in [0, 0.05) is 35.7 Å². The number of halogens is 2. The first kappa shape index (κ1) is 19.3. The first-order chi connectivity index (χ1) is 11.5. The van der Waals surface area contributed by atoms with Crippen LogP contribution in [0.4, 0.5) is 0 Å². The predicted molar refractivity (Wildman–Crippen MR) is 96.0 cm³/mol. The lowest BCUT2D eigenvalue weighted by molar-refractivity contribution is -0.123. The lowest BCUT2D eigenvalue weighted by atomic mass is 10.0. The van der Waals surface area contributed by atoms with E-state index in [4.69, 9.17) is 32.7 Å². The van der Waals surface area contributed by atoms with Gasteiger partial charge in [-0.15, -0.1) is 0 Å². The van der Waals surface area contributed by atoms with Crippen molar-refractivity contribution in [3.63, 3.8) is 0 Å². The Morgan fingerprint density at radius 3 is 2.46 bits per heavy atom. The van der Waals surface area contributed by atoms with E-state index in [1.54, 1.807) is 18.2 Å². The van der Waals surface area contributed by atoms with Gasteiger partial charge >= 0.3 is 0 Å². The summed E-state index contributed by atoms with van der Waals surface area (Å²) in [6.07, 6.45) is 0. The van der Waals surface area contributed by atoms with Crippen molar-refractivity contribution in [1.82, 2.24) is 10.2 Å². The summed E-state index contributed by atoms with van der Waals surface area (Å²) in [6, 6.07) is 5.17. The monoisotopic (exact) mass is 374 g/mol. The fourth-order valence-electron chi connectivity index (χ4n) is 2.73. The van der Waals surface area contributed by atoms with Crippen LogP contribution in [0.2, 0.25) is 10.0 Å². The van der Waals surface area contributed by atoms with E-state index < -0.39 is 0 Å². The minimum atomic E-state index is -0.162. The van der Waals surface area contributed by atoms with Gasteiger partial charge in [0.1, 0.15) is 5.75 Å². The van der Waals surface area contributed by atoms with E-state index in [2.05, 4.69) is 24.1 Å². The Hall–Kier alpha value is -1.01. The number of carbonyl (C=O) groups excluding carboxylic acids is 1. The fraction of sp³-hybridized carbons (Fsp3) is 0.588. The van der Waals surface area contributed by atoms with Gasteiger partial charge in [0.05, 0.1) is 13.2 Å². The average Bonchev–Trinajstić information content (AvgIpc) is 2.53. The minimum Gasteiger partial charge on any atom is -0.484 e. The highest BCUT2D eigenvalue weighted by Gasteiger charge is 2.24. The van der Waals surface area contributed by atoms with Crippen molar-refractivity contribution in [3.05, 3.63) is 28.2 Å². The maximum Gasteiger partial charge on any atom is 0.257 e. The van der Waals surface area contributed by atoms with E-state index in [9.17, 15) is 4.79 Å². The fourth-order valence-corrected chi connectivity index (χ4v) is 3.23. The maximum atomic E-state index is 12.1. The highest BCUT2D eigenvalue weighted by molar-refractivity contribution is 6.34. The third-order valence-electron chi connectivity index (χ3n) is 4.00. The van der Waals surface area contributed by atoms with E-state index in [1.165, 1.54) is 0 Å². The molecule has 2 rings (SSSR count). The van der Waals surface area contributed by atoms with E-state index in [1.807, 2.05) is 0 Å². The molecule has 0 saturated carbocycles. The SMILES string of the molecule is CC(C)C(CNC(=O)COc1cc(Cl)cc(Cl)c1)N1CCOCC1. The van der Waals surface area contributed by atoms with Crippen molar-refractivity contribution >= 4 is 29.1 Å². The molecule has 0 aliphatic carbocycles. The number of nitrogens with one attached hydrogen (secondary N) is 1. The smallest absolute Gasteiger partial charge is 0.257 e. The van der Waals surface area contributed by atoms with Crippen LogP contribution in [0.5, 0.6) is 5.75 Å². The molecule has 1 heterocycles. The molecule has 7 heteroatoms.